The van der Waals surface area contributed by atoms with Gasteiger partial charge < -0.3 is 30.1 Å². The van der Waals surface area contributed by atoms with Crippen LogP contribution in [0.25, 0.3) is 5.65 Å². The van der Waals surface area contributed by atoms with E-state index in [2.05, 4.69) is 44.7 Å². The van der Waals surface area contributed by atoms with Gasteiger partial charge >= 0.3 is 0 Å². The average molecular weight is 540 g/mol. The number of anilines is 2. The van der Waals surface area contributed by atoms with Crippen molar-refractivity contribution in [2.75, 3.05) is 62.8 Å². The van der Waals surface area contributed by atoms with Crippen molar-refractivity contribution in [1.82, 2.24) is 24.9 Å². The molecule has 0 saturated carbocycles. The highest BCUT2D eigenvalue weighted by Crippen LogP contribution is 2.25. The second-order valence-electron chi connectivity index (χ2n) is 10.1. The molecule has 0 amide bonds. The first kappa shape index (κ1) is 29.0. The van der Waals surface area contributed by atoms with Gasteiger partial charge in [0.2, 0.25) is 5.88 Å². The molecule has 0 atom stereocenters. The first-order chi connectivity index (χ1) is 19.2. The number of aryl methyl sites for hydroxylation is 1. The van der Waals surface area contributed by atoms with Gasteiger partial charge in [-0.2, -0.15) is 9.61 Å². The number of hydrogen-bond donors (Lipinski definition) is 3. The number of pyridine rings is 1. The molecular formula is C29H45N7O3. The zero-order valence-corrected chi connectivity index (χ0v) is 23.6. The van der Waals surface area contributed by atoms with Crippen molar-refractivity contribution in [3.05, 3.63) is 41.7 Å². The highest BCUT2D eigenvalue weighted by molar-refractivity contribution is 5.61. The van der Waals surface area contributed by atoms with Gasteiger partial charge in [-0.25, -0.2) is 9.97 Å². The molecule has 0 aliphatic carbocycles. The third-order valence-electron chi connectivity index (χ3n) is 7.15. The number of rotatable bonds is 11. The van der Waals surface area contributed by atoms with Gasteiger partial charge in [0.05, 0.1) is 12.8 Å². The first-order valence-electron chi connectivity index (χ1n) is 14.5. The number of ether oxygens (including phenoxy) is 2. The summed E-state index contributed by atoms with van der Waals surface area (Å²) in [5.74, 6) is 3.28. The van der Waals surface area contributed by atoms with E-state index in [-0.39, 0.29) is 6.61 Å². The zero-order valence-electron chi connectivity index (χ0n) is 23.6. The summed E-state index contributed by atoms with van der Waals surface area (Å²) in [6.45, 7) is 11.0. The molecule has 3 aromatic rings. The Kier molecular flexibility index (Phi) is 11.6. The molecule has 0 spiro atoms. The van der Waals surface area contributed by atoms with Crippen LogP contribution in [0, 0.1) is 5.92 Å². The summed E-state index contributed by atoms with van der Waals surface area (Å²) in [6.07, 6.45) is 10.8. The van der Waals surface area contributed by atoms with E-state index in [1.54, 1.807) is 6.92 Å². The SMILES string of the molecule is CCO.CCc1cnn2c(NCc3ccc(OCCOCC4CCNCC4)nc3)cc(N3CCCCC3)nc12. The lowest BCUT2D eigenvalue weighted by molar-refractivity contribution is 0.0645. The van der Waals surface area contributed by atoms with Gasteiger partial charge in [-0.05, 0) is 70.0 Å². The molecule has 2 fully saturated rings. The minimum absolute atomic E-state index is 0.250. The van der Waals surface area contributed by atoms with Crippen LogP contribution >= 0.6 is 0 Å². The number of aliphatic hydroxyl groups excluding tert-OH is 1. The highest BCUT2D eigenvalue weighted by atomic mass is 16.5. The Labute approximate surface area is 232 Å². The number of piperidine rings is 2. The van der Waals surface area contributed by atoms with Gasteiger partial charge in [0, 0.05) is 56.7 Å². The third kappa shape index (κ3) is 8.52. The van der Waals surface area contributed by atoms with Crippen LogP contribution in [0.4, 0.5) is 11.6 Å². The molecule has 5 heterocycles. The van der Waals surface area contributed by atoms with Crippen LogP contribution < -0.4 is 20.3 Å². The zero-order chi connectivity index (χ0) is 27.3. The van der Waals surface area contributed by atoms with Crippen LogP contribution in [-0.4, -0.2) is 77.3 Å². The Hall–Kier alpha value is -2.95. The summed E-state index contributed by atoms with van der Waals surface area (Å²) in [7, 11) is 0. The van der Waals surface area contributed by atoms with Gasteiger partial charge in [-0.3, -0.25) is 0 Å². The molecule has 0 aromatic carbocycles. The topological polar surface area (TPSA) is 109 Å². The molecule has 3 aromatic heterocycles. The lowest BCUT2D eigenvalue weighted by Gasteiger charge is -2.28. The van der Waals surface area contributed by atoms with E-state index in [1.807, 2.05) is 23.0 Å². The van der Waals surface area contributed by atoms with Gasteiger partial charge in [-0.1, -0.05) is 13.0 Å². The number of fused-ring (bicyclic) bond motifs is 1. The predicted octanol–water partition coefficient (Wildman–Crippen LogP) is 3.68. The monoisotopic (exact) mass is 539 g/mol. The van der Waals surface area contributed by atoms with E-state index in [9.17, 15) is 0 Å². The Morgan fingerprint density at radius 3 is 2.59 bits per heavy atom. The summed E-state index contributed by atoms with van der Waals surface area (Å²) in [6, 6.07) is 6.10. The van der Waals surface area contributed by atoms with Crippen molar-refractivity contribution in [3.63, 3.8) is 0 Å². The summed E-state index contributed by atoms with van der Waals surface area (Å²) < 4.78 is 13.5. The third-order valence-corrected chi connectivity index (χ3v) is 7.15. The molecule has 0 radical (unpaired) electrons. The van der Waals surface area contributed by atoms with Crippen molar-refractivity contribution in [1.29, 1.82) is 0 Å². The fraction of sp³-hybridized carbons (Fsp3) is 0.621. The molecular weight excluding hydrogens is 494 g/mol. The number of nitrogens with one attached hydrogen (secondary N) is 2. The van der Waals surface area contributed by atoms with Crippen LogP contribution in [0.5, 0.6) is 5.88 Å². The summed E-state index contributed by atoms with van der Waals surface area (Å²) in [5, 5.41) is 19.1. The van der Waals surface area contributed by atoms with Crippen molar-refractivity contribution < 1.29 is 14.6 Å². The summed E-state index contributed by atoms with van der Waals surface area (Å²) in [5.41, 5.74) is 3.18. The molecule has 3 N–H and O–H groups in total. The van der Waals surface area contributed by atoms with Gasteiger partial charge in [0.15, 0.2) is 5.65 Å². The maximum Gasteiger partial charge on any atom is 0.213 e. The molecule has 10 heteroatoms. The largest absolute Gasteiger partial charge is 0.475 e. The predicted molar refractivity (Wildman–Crippen MR) is 155 cm³/mol. The van der Waals surface area contributed by atoms with Crippen molar-refractivity contribution >= 4 is 17.3 Å². The maximum absolute atomic E-state index is 7.57. The Morgan fingerprint density at radius 1 is 1.08 bits per heavy atom. The number of aliphatic hydroxyl groups is 1. The van der Waals surface area contributed by atoms with Crippen molar-refractivity contribution in [2.24, 2.45) is 5.92 Å². The number of aromatic nitrogens is 4. The molecule has 39 heavy (non-hydrogen) atoms. The van der Waals surface area contributed by atoms with E-state index < -0.39 is 0 Å². The van der Waals surface area contributed by atoms with E-state index >= 15 is 0 Å². The van der Waals surface area contributed by atoms with E-state index in [4.69, 9.17) is 19.6 Å². The average Bonchev–Trinajstić information content (AvgIpc) is 3.41. The van der Waals surface area contributed by atoms with Gasteiger partial charge in [0.1, 0.15) is 18.2 Å². The number of nitrogens with zero attached hydrogens (tertiary/aromatic N) is 5. The molecule has 5 rings (SSSR count). The molecule has 10 nitrogen and oxygen atoms in total. The minimum atomic E-state index is 0.250. The maximum atomic E-state index is 7.57. The normalized spacial score (nSPS) is 16.1. The van der Waals surface area contributed by atoms with Crippen molar-refractivity contribution in [3.8, 4) is 5.88 Å². The fourth-order valence-corrected chi connectivity index (χ4v) is 4.95. The molecule has 2 saturated heterocycles. The van der Waals surface area contributed by atoms with Crippen LogP contribution in [-0.2, 0) is 17.7 Å². The molecule has 0 bridgehead atoms. The Morgan fingerprint density at radius 2 is 1.87 bits per heavy atom. The van der Waals surface area contributed by atoms with Crippen molar-refractivity contribution in [2.45, 2.75) is 58.9 Å². The van der Waals surface area contributed by atoms with E-state index in [0.717, 1.165) is 62.1 Å². The quantitative estimate of drug-likeness (QED) is 0.314. The second kappa shape index (κ2) is 15.6. The standard InChI is InChI=1S/C27H39N7O2.C2H6O/c1-2-23-19-31-34-24(16-25(32-27(23)34)33-12-4-3-5-13-33)29-17-22-6-7-26(30-18-22)36-15-14-35-20-21-8-10-28-11-9-21;1-2-3/h6-7,16,18-19,21,28-29H,2-5,8-15,17,20H2,1H3;3H,2H2,1H3. The summed E-state index contributed by atoms with van der Waals surface area (Å²) >= 11 is 0. The van der Waals surface area contributed by atoms with Crippen LogP contribution in [0.2, 0.25) is 0 Å². The van der Waals surface area contributed by atoms with E-state index in [0.29, 0.717) is 31.6 Å². The van der Waals surface area contributed by atoms with Gasteiger partial charge in [-0.15, -0.1) is 0 Å². The molecule has 214 valence electrons. The van der Waals surface area contributed by atoms with Gasteiger partial charge in [0.25, 0.3) is 0 Å². The van der Waals surface area contributed by atoms with Crippen LogP contribution in [0.15, 0.2) is 30.6 Å². The fourth-order valence-electron chi connectivity index (χ4n) is 4.95. The molecule has 2 aliphatic heterocycles. The van der Waals surface area contributed by atoms with Crippen LogP contribution in [0.1, 0.15) is 57.1 Å². The Balaban J connectivity index is 0.00000112. The molecule has 2 aliphatic rings. The first-order valence-corrected chi connectivity index (χ1v) is 14.5. The minimum Gasteiger partial charge on any atom is -0.475 e. The number of hydrogen-bond acceptors (Lipinski definition) is 9. The van der Waals surface area contributed by atoms with E-state index in [1.165, 1.54) is 37.7 Å². The lowest BCUT2D eigenvalue weighted by atomic mass is 9.99. The highest BCUT2D eigenvalue weighted by Gasteiger charge is 2.17. The molecule has 0 unspecified atom stereocenters. The smallest absolute Gasteiger partial charge is 0.213 e. The lowest BCUT2D eigenvalue weighted by Crippen LogP contribution is -2.30. The second-order valence-corrected chi connectivity index (χ2v) is 10.1. The van der Waals surface area contributed by atoms with Crippen LogP contribution in [0.3, 0.4) is 0 Å². The Bertz CT molecular complexity index is 1110. The summed E-state index contributed by atoms with van der Waals surface area (Å²) in [4.78, 5) is 11.8.